The number of nitrogens with one attached hydrogen (secondary N) is 1. The molecule has 0 aliphatic heterocycles. The number of aryl methyl sites for hydroxylation is 2. The molecule has 7 nitrogen and oxygen atoms in total. The lowest BCUT2D eigenvalue weighted by atomic mass is 10.1. The maximum Gasteiger partial charge on any atom is 0.248 e. The Morgan fingerprint density at radius 2 is 1.76 bits per heavy atom. The van der Waals surface area contributed by atoms with Gasteiger partial charge in [-0.15, -0.1) is 10.2 Å². The van der Waals surface area contributed by atoms with E-state index < -0.39 is 0 Å². The Bertz CT molecular complexity index is 1620. The van der Waals surface area contributed by atoms with Crippen molar-refractivity contribution in [2.45, 2.75) is 20.8 Å². The van der Waals surface area contributed by atoms with Crippen LogP contribution in [0, 0.1) is 13.8 Å². The minimum atomic E-state index is -0.280. The van der Waals surface area contributed by atoms with Crippen molar-refractivity contribution >= 4 is 40.3 Å². The third-order valence-electron chi connectivity index (χ3n) is 5.85. The van der Waals surface area contributed by atoms with Crippen LogP contribution in [0.5, 0.6) is 5.75 Å². The van der Waals surface area contributed by atoms with Gasteiger partial charge in [-0.2, -0.15) is 4.80 Å². The summed E-state index contributed by atoms with van der Waals surface area (Å²) in [6.45, 7) is 6.42. The van der Waals surface area contributed by atoms with Crippen LogP contribution in [0.4, 0.5) is 5.69 Å². The van der Waals surface area contributed by atoms with Crippen LogP contribution in [0.25, 0.3) is 34.1 Å². The Morgan fingerprint density at radius 1 is 1.00 bits per heavy atom. The van der Waals surface area contributed by atoms with Crippen molar-refractivity contribution in [3.63, 3.8) is 0 Å². The summed E-state index contributed by atoms with van der Waals surface area (Å²) in [5.74, 6) is 1.76. The highest BCUT2D eigenvalue weighted by molar-refractivity contribution is 6.31. The molecule has 0 saturated carbocycles. The number of ether oxygens (including phenoxy) is 1. The summed E-state index contributed by atoms with van der Waals surface area (Å²) in [4.78, 5) is 14.2. The van der Waals surface area contributed by atoms with Gasteiger partial charge in [0.1, 0.15) is 28.3 Å². The van der Waals surface area contributed by atoms with Gasteiger partial charge in [-0.05, 0) is 92.6 Å². The average molecular weight is 513 g/mol. The lowest BCUT2D eigenvalue weighted by molar-refractivity contribution is -0.111. The average Bonchev–Trinajstić information content (AvgIpc) is 3.52. The number of benzene rings is 3. The molecule has 1 N–H and O–H groups in total. The lowest BCUT2D eigenvalue weighted by Gasteiger charge is -2.05. The molecule has 0 fully saturated rings. The lowest BCUT2D eigenvalue weighted by Crippen LogP contribution is -2.08. The summed E-state index contributed by atoms with van der Waals surface area (Å²) < 4.78 is 11.4. The van der Waals surface area contributed by atoms with Crippen molar-refractivity contribution in [2.24, 2.45) is 0 Å². The fourth-order valence-electron chi connectivity index (χ4n) is 3.84. The predicted molar refractivity (Wildman–Crippen MR) is 146 cm³/mol. The standard InChI is InChI=1S/C29H25ClN4O3/c1-4-36-22-9-7-21(8-10-22)34-32-26-15-19(3)25(17-27(26)33-34)31-29(35)14-12-23-11-13-28(37-23)20-6-5-18(2)24(30)16-20/h5-17H,4H2,1-3H3,(H,31,35). The predicted octanol–water partition coefficient (Wildman–Crippen LogP) is 7.00. The molecule has 0 aliphatic carbocycles. The number of hydrogen-bond acceptors (Lipinski definition) is 5. The number of aromatic nitrogens is 3. The second-order valence-electron chi connectivity index (χ2n) is 8.56. The molecule has 0 spiro atoms. The van der Waals surface area contributed by atoms with E-state index in [1.165, 1.54) is 6.08 Å². The zero-order chi connectivity index (χ0) is 25.9. The van der Waals surface area contributed by atoms with Gasteiger partial charge >= 0.3 is 0 Å². The number of rotatable bonds is 7. The van der Waals surface area contributed by atoms with Gasteiger partial charge in [0.25, 0.3) is 0 Å². The molecular weight excluding hydrogens is 488 g/mol. The number of furan rings is 1. The first kappa shape index (κ1) is 24.3. The van der Waals surface area contributed by atoms with Gasteiger partial charge in [-0.1, -0.05) is 23.7 Å². The summed E-state index contributed by atoms with van der Waals surface area (Å²) >= 11 is 6.23. The highest BCUT2D eigenvalue weighted by Crippen LogP contribution is 2.27. The quantitative estimate of drug-likeness (QED) is 0.237. The molecule has 0 bridgehead atoms. The van der Waals surface area contributed by atoms with Crippen LogP contribution in [-0.2, 0) is 4.79 Å². The largest absolute Gasteiger partial charge is 0.494 e. The van der Waals surface area contributed by atoms with Gasteiger partial charge in [-0.25, -0.2) is 0 Å². The Labute approximate surface area is 219 Å². The number of hydrogen-bond donors (Lipinski definition) is 1. The Kier molecular flexibility index (Phi) is 6.79. The van der Waals surface area contributed by atoms with Crippen LogP contribution in [0.15, 0.2) is 77.2 Å². The molecule has 0 aliphatic rings. The van der Waals surface area contributed by atoms with Crippen LogP contribution in [-0.4, -0.2) is 27.5 Å². The van der Waals surface area contributed by atoms with Crippen molar-refractivity contribution in [3.8, 4) is 22.8 Å². The van der Waals surface area contributed by atoms with Crippen LogP contribution >= 0.6 is 11.6 Å². The summed E-state index contributed by atoms with van der Waals surface area (Å²) in [6, 6.07) is 20.7. The van der Waals surface area contributed by atoms with E-state index in [-0.39, 0.29) is 5.91 Å². The molecule has 1 amide bonds. The van der Waals surface area contributed by atoms with E-state index in [9.17, 15) is 4.79 Å². The summed E-state index contributed by atoms with van der Waals surface area (Å²) in [5.41, 5.74) is 5.64. The number of nitrogens with zero attached hydrogens (tertiary/aromatic N) is 3. The number of fused-ring (bicyclic) bond motifs is 1. The first-order valence-electron chi connectivity index (χ1n) is 11.9. The Balaban J connectivity index is 1.29. The van der Waals surface area contributed by atoms with Gasteiger partial charge in [-0.3, -0.25) is 4.79 Å². The second-order valence-corrected chi connectivity index (χ2v) is 8.97. The molecule has 2 aromatic heterocycles. The highest BCUT2D eigenvalue weighted by Gasteiger charge is 2.11. The van der Waals surface area contributed by atoms with E-state index in [1.807, 2.05) is 87.5 Å². The number of carbonyl (C=O) groups is 1. The van der Waals surface area contributed by atoms with Gasteiger partial charge in [0.15, 0.2) is 0 Å². The van der Waals surface area contributed by atoms with Gasteiger partial charge in [0.05, 0.1) is 12.3 Å². The van der Waals surface area contributed by atoms with Crippen LogP contribution in [0.1, 0.15) is 23.8 Å². The second kappa shape index (κ2) is 10.3. The van der Waals surface area contributed by atoms with Crippen molar-refractivity contribution in [2.75, 3.05) is 11.9 Å². The van der Waals surface area contributed by atoms with Crippen molar-refractivity contribution < 1.29 is 13.9 Å². The maximum atomic E-state index is 12.6. The number of carbonyl (C=O) groups excluding carboxylic acids is 1. The molecule has 0 radical (unpaired) electrons. The highest BCUT2D eigenvalue weighted by atomic mass is 35.5. The van der Waals surface area contributed by atoms with E-state index in [0.717, 1.165) is 33.6 Å². The molecule has 5 aromatic rings. The van der Waals surface area contributed by atoms with Crippen LogP contribution < -0.4 is 10.1 Å². The molecule has 37 heavy (non-hydrogen) atoms. The van der Waals surface area contributed by atoms with Crippen molar-refractivity contribution in [1.29, 1.82) is 0 Å². The van der Waals surface area contributed by atoms with Crippen LogP contribution in [0.3, 0.4) is 0 Å². The molecule has 2 heterocycles. The minimum Gasteiger partial charge on any atom is -0.494 e. The van der Waals surface area contributed by atoms with Crippen LogP contribution in [0.2, 0.25) is 5.02 Å². The molecule has 0 unspecified atom stereocenters. The van der Waals surface area contributed by atoms with E-state index in [2.05, 4.69) is 15.5 Å². The third-order valence-corrected chi connectivity index (χ3v) is 6.25. The monoisotopic (exact) mass is 512 g/mol. The van der Waals surface area contributed by atoms with Crippen molar-refractivity contribution in [3.05, 3.63) is 94.7 Å². The smallest absolute Gasteiger partial charge is 0.248 e. The molecular formula is C29H25ClN4O3. The van der Waals surface area contributed by atoms with E-state index in [0.29, 0.717) is 34.4 Å². The topological polar surface area (TPSA) is 82.2 Å². The van der Waals surface area contributed by atoms with Gasteiger partial charge < -0.3 is 14.5 Å². The number of anilines is 1. The molecule has 186 valence electrons. The first-order valence-corrected chi connectivity index (χ1v) is 12.2. The summed E-state index contributed by atoms with van der Waals surface area (Å²) in [5, 5.41) is 12.7. The molecule has 3 aromatic carbocycles. The fourth-order valence-corrected chi connectivity index (χ4v) is 4.02. The van der Waals surface area contributed by atoms with E-state index in [4.69, 9.17) is 20.8 Å². The molecule has 8 heteroatoms. The fraction of sp³-hybridized carbons (Fsp3) is 0.138. The Hall–Kier alpha value is -4.36. The van der Waals surface area contributed by atoms with E-state index >= 15 is 0 Å². The first-order chi connectivity index (χ1) is 17.9. The van der Waals surface area contributed by atoms with Crippen molar-refractivity contribution in [1.82, 2.24) is 15.0 Å². The minimum absolute atomic E-state index is 0.280. The summed E-state index contributed by atoms with van der Waals surface area (Å²) in [6.07, 6.45) is 3.07. The van der Waals surface area contributed by atoms with Gasteiger partial charge in [0, 0.05) is 22.3 Å². The maximum absolute atomic E-state index is 12.6. The SMILES string of the molecule is CCOc1ccc(-n2nc3cc(C)c(NC(=O)C=Cc4ccc(-c5ccc(C)c(Cl)c5)o4)cc3n2)cc1. The zero-order valence-corrected chi connectivity index (χ0v) is 21.4. The summed E-state index contributed by atoms with van der Waals surface area (Å²) in [7, 11) is 0. The number of amides is 1. The van der Waals surface area contributed by atoms with Gasteiger partial charge in [0.2, 0.25) is 5.91 Å². The molecule has 0 saturated heterocycles. The van der Waals surface area contributed by atoms with E-state index in [1.54, 1.807) is 10.9 Å². The normalized spacial score (nSPS) is 11.4. The molecule has 5 rings (SSSR count). The molecule has 0 atom stereocenters. The zero-order valence-electron chi connectivity index (χ0n) is 20.7. The Morgan fingerprint density at radius 3 is 2.49 bits per heavy atom. The third kappa shape index (κ3) is 5.42. The number of halogens is 1.